The number of nitrogens with two attached hydrogens (primary N) is 1. The van der Waals surface area contributed by atoms with E-state index in [2.05, 4.69) is 5.32 Å². The maximum atomic E-state index is 11.7. The van der Waals surface area contributed by atoms with Crippen molar-refractivity contribution in [1.82, 2.24) is 0 Å². The van der Waals surface area contributed by atoms with E-state index in [4.69, 9.17) is 17.3 Å². The van der Waals surface area contributed by atoms with E-state index in [0.29, 0.717) is 11.4 Å². The van der Waals surface area contributed by atoms with Crippen molar-refractivity contribution < 1.29 is 9.90 Å². The smallest absolute Gasteiger partial charge is 0.248 e. The summed E-state index contributed by atoms with van der Waals surface area (Å²) in [5.41, 5.74) is 7.63. The van der Waals surface area contributed by atoms with Crippen LogP contribution < -0.4 is 11.1 Å². The molecule has 0 saturated carbocycles. The number of amides is 1. The molecular formula is C15H13ClN2O2. The maximum Gasteiger partial charge on any atom is 0.248 e. The Labute approximate surface area is 121 Å². The third-order valence-electron chi connectivity index (χ3n) is 2.58. The van der Waals surface area contributed by atoms with E-state index in [1.807, 2.05) is 12.1 Å². The van der Waals surface area contributed by atoms with Crippen LogP contribution in [0.1, 0.15) is 5.56 Å². The number of nitrogen functional groups attached to an aromatic ring is 1. The van der Waals surface area contributed by atoms with Crippen LogP contribution >= 0.6 is 11.6 Å². The molecule has 4 nitrogen and oxygen atoms in total. The van der Waals surface area contributed by atoms with E-state index >= 15 is 0 Å². The Morgan fingerprint density at radius 3 is 2.55 bits per heavy atom. The van der Waals surface area contributed by atoms with Crippen molar-refractivity contribution in [1.29, 1.82) is 0 Å². The molecule has 102 valence electrons. The summed E-state index contributed by atoms with van der Waals surface area (Å²) < 4.78 is 0. The second-order valence-electron chi connectivity index (χ2n) is 4.16. The molecule has 0 aliphatic carbocycles. The molecule has 4 N–H and O–H groups in total. The molecule has 0 radical (unpaired) electrons. The first-order valence-electron chi connectivity index (χ1n) is 5.88. The van der Waals surface area contributed by atoms with Crippen LogP contribution in [0.3, 0.4) is 0 Å². The second kappa shape index (κ2) is 6.12. The van der Waals surface area contributed by atoms with Gasteiger partial charge in [0.2, 0.25) is 5.91 Å². The van der Waals surface area contributed by atoms with Crippen molar-refractivity contribution in [3.63, 3.8) is 0 Å². The Hall–Kier alpha value is -2.46. The topological polar surface area (TPSA) is 75.4 Å². The maximum absolute atomic E-state index is 11.7. The summed E-state index contributed by atoms with van der Waals surface area (Å²) in [5, 5.41) is 12.1. The predicted molar refractivity (Wildman–Crippen MR) is 81.6 cm³/mol. The molecule has 1 amide bonds. The minimum atomic E-state index is -0.288. The van der Waals surface area contributed by atoms with Gasteiger partial charge in [0, 0.05) is 17.5 Å². The highest BCUT2D eigenvalue weighted by atomic mass is 35.5. The van der Waals surface area contributed by atoms with Crippen LogP contribution in [0, 0.1) is 0 Å². The summed E-state index contributed by atoms with van der Waals surface area (Å²) >= 11 is 5.75. The van der Waals surface area contributed by atoms with Crippen LogP contribution in [-0.2, 0) is 4.79 Å². The molecule has 0 heterocycles. The van der Waals surface area contributed by atoms with Gasteiger partial charge in [-0.05, 0) is 42.0 Å². The van der Waals surface area contributed by atoms with E-state index in [1.54, 1.807) is 24.3 Å². The van der Waals surface area contributed by atoms with Crippen LogP contribution in [0.5, 0.6) is 5.75 Å². The quantitative estimate of drug-likeness (QED) is 0.461. The fourth-order valence-corrected chi connectivity index (χ4v) is 1.73. The number of phenols is 1. The summed E-state index contributed by atoms with van der Waals surface area (Å²) in [5.74, 6) is -0.314. The van der Waals surface area contributed by atoms with Gasteiger partial charge < -0.3 is 16.2 Å². The third-order valence-corrected chi connectivity index (χ3v) is 2.88. The van der Waals surface area contributed by atoms with Crippen LogP contribution in [0.2, 0.25) is 5.02 Å². The lowest BCUT2D eigenvalue weighted by Gasteiger charge is -2.03. The normalized spacial score (nSPS) is 10.7. The Morgan fingerprint density at radius 2 is 1.90 bits per heavy atom. The zero-order valence-corrected chi connectivity index (χ0v) is 11.3. The number of anilines is 2. The molecule has 0 spiro atoms. The molecule has 0 aromatic heterocycles. The molecule has 0 bridgehead atoms. The highest BCUT2D eigenvalue weighted by Crippen LogP contribution is 2.25. The van der Waals surface area contributed by atoms with E-state index in [0.717, 1.165) is 5.56 Å². The minimum Gasteiger partial charge on any atom is -0.506 e. The molecule has 0 aliphatic heterocycles. The lowest BCUT2D eigenvalue weighted by molar-refractivity contribution is -0.111. The fourth-order valence-electron chi connectivity index (χ4n) is 1.55. The molecule has 20 heavy (non-hydrogen) atoms. The number of hydrogen-bond donors (Lipinski definition) is 3. The lowest BCUT2D eigenvalue weighted by Crippen LogP contribution is -2.07. The van der Waals surface area contributed by atoms with Gasteiger partial charge >= 0.3 is 0 Å². The third kappa shape index (κ3) is 3.76. The SMILES string of the molecule is Nc1ccc(/C=C/C(=O)Nc2ccc(O)c(Cl)c2)cc1. The number of phenolic OH excluding ortho intramolecular Hbond substituents is 1. The number of carbonyl (C=O) groups is 1. The largest absolute Gasteiger partial charge is 0.506 e. The average Bonchev–Trinajstić information content (AvgIpc) is 2.42. The van der Waals surface area contributed by atoms with Gasteiger partial charge in [0.05, 0.1) is 5.02 Å². The first-order chi connectivity index (χ1) is 9.54. The van der Waals surface area contributed by atoms with Gasteiger partial charge in [-0.25, -0.2) is 0 Å². The van der Waals surface area contributed by atoms with Crippen molar-refractivity contribution in [3.05, 3.63) is 59.1 Å². The molecule has 0 fully saturated rings. The summed E-state index contributed by atoms with van der Waals surface area (Å²) in [7, 11) is 0. The highest BCUT2D eigenvalue weighted by Gasteiger charge is 2.02. The molecule has 0 saturated heterocycles. The zero-order valence-electron chi connectivity index (χ0n) is 10.5. The molecule has 0 aliphatic rings. The van der Waals surface area contributed by atoms with Crippen LogP contribution in [-0.4, -0.2) is 11.0 Å². The monoisotopic (exact) mass is 288 g/mol. The predicted octanol–water partition coefficient (Wildman–Crippen LogP) is 3.28. The van der Waals surface area contributed by atoms with Gasteiger partial charge in [0.15, 0.2) is 0 Å². The van der Waals surface area contributed by atoms with Crippen molar-refractivity contribution in [2.24, 2.45) is 0 Å². The Morgan fingerprint density at radius 1 is 1.20 bits per heavy atom. The van der Waals surface area contributed by atoms with Crippen molar-refractivity contribution >= 4 is 35.0 Å². The summed E-state index contributed by atoms with van der Waals surface area (Å²) in [6.07, 6.45) is 3.09. The number of rotatable bonds is 3. The molecule has 0 atom stereocenters. The van der Waals surface area contributed by atoms with Crippen LogP contribution in [0.15, 0.2) is 48.5 Å². The molecule has 5 heteroatoms. The van der Waals surface area contributed by atoms with Crippen molar-refractivity contribution in [2.45, 2.75) is 0 Å². The van der Waals surface area contributed by atoms with Crippen molar-refractivity contribution in [3.8, 4) is 5.75 Å². The first kappa shape index (κ1) is 14.0. The number of aromatic hydroxyl groups is 1. The zero-order chi connectivity index (χ0) is 14.5. The second-order valence-corrected chi connectivity index (χ2v) is 4.56. The van der Waals surface area contributed by atoms with Gasteiger partial charge in [0.1, 0.15) is 5.75 Å². The fraction of sp³-hybridized carbons (Fsp3) is 0. The first-order valence-corrected chi connectivity index (χ1v) is 6.25. The number of nitrogens with one attached hydrogen (secondary N) is 1. The Bertz CT molecular complexity index is 651. The molecule has 2 rings (SSSR count). The van der Waals surface area contributed by atoms with Gasteiger partial charge in [-0.2, -0.15) is 0 Å². The van der Waals surface area contributed by atoms with Gasteiger partial charge in [-0.3, -0.25) is 4.79 Å². The van der Waals surface area contributed by atoms with Gasteiger partial charge in [-0.15, -0.1) is 0 Å². The number of hydrogen-bond acceptors (Lipinski definition) is 3. The minimum absolute atomic E-state index is 0.0258. The van der Waals surface area contributed by atoms with E-state index in [1.165, 1.54) is 18.2 Å². The van der Waals surface area contributed by atoms with Gasteiger partial charge in [0.25, 0.3) is 0 Å². The number of benzene rings is 2. The van der Waals surface area contributed by atoms with E-state index < -0.39 is 0 Å². The average molecular weight is 289 g/mol. The Kier molecular flexibility index (Phi) is 4.27. The highest BCUT2D eigenvalue weighted by molar-refractivity contribution is 6.32. The lowest BCUT2D eigenvalue weighted by atomic mass is 10.2. The molecule has 2 aromatic carbocycles. The van der Waals surface area contributed by atoms with Crippen molar-refractivity contribution in [2.75, 3.05) is 11.1 Å². The van der Waals surface area contributed by atoms with Crippen LogP contribution in [0.4, 0.5) is 11.4 Å². The molecular weight excluding hydrogens is 276 g/mol. The number of halogens is 1. The summed E-state index contributed by atoms with van der Waals surface area (Å²) in [6.45, 7) is 0. The summed E-state index contributed by atoms with van der Waals surface area (Å²) in [6, 6.07) is 11.6. The molecule has 2 aromatic rings. The number of carbonyl (C=O) groups excluding carboxylic acids is 1. The van der Waals surface area contributed by atoms with Crippen LogP contribution in [0.25, 0.3) is 6.08 Å². The molecule has 0 unspecified atom stereocenters. The van der Waals surface area contributed by atoms with Gasteiger partial charge in [-0.1, -0.05) is 23.7 Å². The summed E-state index contributed by atoms with van der Waals surface area (Å²) in [4.78, 5) is 11.7. The van der Waals surface area contributed by atoms with E-state index in [-0.39, 0.29) is 16.7 Å². The Balaban J connectivity index is 2.01. The van der Waals surface area contributed by atoms with E-state index in [9.17, 15) is 9.90 Å². The standard InChI is InChI=1S/C15H13ClN2O2/c16-13-9-12(6-7-14(13)19)18-15(20)8-3-10-1-4-11(17)5-2-10/h1-9,19H,17H2,(H,18,20)/b8-3+.